The van der Waals surface area contributed by atoms with E-state index in [2.05, 4.69) is 42.4 Å². The second-order valence-electron chi connectivity index (χ2n) is 8.58. The molecule has 0 saturated carbocycles. The molecule has 0 aliphatic carbocycles. The van der Waals surface area contributed by atoms with Crippen LogP contribution in [0.4, 0.5) is 10.4 Å². The molecule has 14 nitrogen and oxygen atoms in total. The standard InChI is InChI=1S/C20H27FN8O2.C2H2O4/c1-14(2)19-23-20(31-24-19)28-9-7-27(8-10-28)15(3)6-11-30-16-4-5-18(17(21)12-16)29-13-22-25-26-29;3-1(4)2(5)6/h4-5,12-15H,6-11H2,1-3H3;(H,3,4)(H,5,6). The first-order chi connectivity index (χ1) is 17.7. The first kappa shape index (κ1) is 27.4. The number of carboxylic acid groups (broad SMARTS) is 2. The smallest absolute Gasteiger partial charge is 0.414 e. The predicted molar refractivity (Wildman–Crippen MR) is 126 cm³/mol. The molecule has 1 aromatic carbocycles. The highest BCUT2D eigenvalue weighted by atomic mass is 19.1. The van der Waals surface area contributed by atoms with Gasteiger partial charge in [0.05, 0.1) is 6.61 Å². The highest BCUT2D eigenvalue weighted by Crippen LogP contribution is 2.21. The van der Waals surface area contributed by atoms with Crippen LogP contribution in [-0.4, -0.2) is 96.2 Å². The van der Waals surface area contributed by atoms with Crippen molar-refractivity contribution in [2.45, 2.75) is 39.2 Å². The lowest BCUT2D eigenvalue weighted by Gasteiger charge is -2.37. The zero-order valence-electron chi connectivity index (χ0n) is 20.7. The molecule has 1 unspecified atom stereocenters. The summed E-state index contributed by atoms with van der Waals surface area (Å²) < 4.78 is 26.7. The summed E-state index contributed by atoms with van der Waals surface area (Å²) in [5, 5.41) is 29.6. The molecule has 4 rings (SSSR count). The average molecular weight is 521 g/mol. The fourth-order valence-electron chi connectivity index (χ4n) is 3.51. The number of hydrogen-bond acceptors (Lipinski definition) is 11. The Hall–Kier alpha value is -4.14. The third-order valence-corrected chi connectivity index (χ3v) is 5.66. The molecular weight excluding hydrogens is 491 g/mol. The summed E-state index contributed by atoms with van der Waals surface area (Å²) in [6, 6.07) is 5.63. The number of halogens is 1. The van der Waals surface area contributed by atoms with E-state index in [1.165, 1.54) is 17.1 Å². The van der Waals surface area contributed by atoms with Crippen LogP contribution in [0, 0.1) is 5.82 Å². The van der Waals surface area contributed by atoms with E-state index in [1.807, 2.05) is 13.8 Å². The van der Waals surface area contributed by atoms with Gasteiger partial charge in [-0.3, -0.25) is 4.90 Å². The van der Waals surface area contributed by atoms with Crippen LogP contribution in [0.3, 0.4) is 0 Å². The highest BCUT2D eigenvalue weighted by molar-refractivity contribution is 6.27. The van der Waals surface area contributed by atoms with Crippen molar-refractivity contribution in [3.05, 3.63) is 36.2 Å². The minimum atomic E-state index is -1.82. The minimum Gasteiger partial charge on any atom is -0.493 e. The number of ether oxygens (including phenoxy) is 1. The average Bonchev–Trinajstić information content (AvgIpc) is 3.57. The second kappa shape index (κ2) is 12.7. The van der Waals surface area contributed by atoms with Crippen molar-refractivity contribution >= 4 is 18.0 Å². The molecule has 1 fully saturated rings. The Bertz CT molecular complexity index is 1150. The fourth-order valence-corrected chi connectivity index (χ4v) is 3.51. The third-order valence-electron chi connectivity index (χ3n) is 5.66. The number of tetrazole rings is 1. The summed E-state index contributed by atoms with van der Waals surface area (Å²) in [5.74, 6) is -2.60. The van der Waals surface area contributed by atoms with Crippen LogP contribution in [0.25, 0.3) is 5.69 Å². The van der Waals surface area contributed by atoms with Crippen molar-refractivity contribution in [3.63, 3.8) is 0 Å². The molecular formula is C22H29FN8O6. The molecule has 200 valence electrons. The van der Waals surface area contributed by atoms with Gasteiger partial charge in [0.25, 0.3) is 0 Å². The van der Waals surface area contributed by atoms with Crippen LogP contribution >= 0.6 is 0 Å². The molecule has 2 aromatic heterocycles. The molecule has 0 amide bonds. The van der Waals surface area contributed by atoms with Crippen LogP contribution in [0.1, 0.15) is 38.9 Å². The maximum atomic E-state index is 14.3. The van der Waals surface area contributed by atoms with Gasteiger partial charge in [0.15, 0.2) is 11.6 Å². The normalized spacial score (nSPS) is 14.7. The molecule has 0 bridgehead atoms. The van der Waals surface area contributed by atoms with Gasteiger partial charge in [-0.15, -0.1) is 5.10 Å². The van der Waals surface area contributed by atoms with Gasteiger partial charge >= 0.3 is 18.0 Å². The number of anilines is 1. The Morgan fingerprint density at radius 2 is 1.84 bits per heavy atom. The summed E-state index contributed by atoms with van der Waals surface area (Å²) >= 11 is 0. The van der Waals surface area contributed by atoms with Crippen molar-refractivity contribution < 1.29 is 33.5 Å². The number of piperazine rings is 1. The molecule has 1 aliphatic heterocycles. The predicted octanol–water partition coefficient (Wildman–Crippen LogP) is 1.44. The zero-order chi connectivity index (χ0) is 26.9. The van der Waals surface area contributed by atoms with Gasteiger partial charge in [0.1, 0.15) is 17.8 Å². The van der Waals surface area contributed by atoms with Crippen molar-refractivity contribution in [3.8, 4) is 11.4 Å². The number of nitrogens with zero attached hydrogens (tertiary/aromatic N) is 8. The molecule has 1 aliphatic rings. The zero-order valence-corrected chi connectivity index (χ0v) is 20.7. The van der Waals surface area contributed by atoms with E-state index in [0.29, 0.717) is 24.4 Å². The number of aliphatic carboxylic acids is 2. The highest BCUT2D eigenvalue weighted by Gasteiger charge is 2.24. The Morgan fingerprint density at radius 3 is 2.38 bits per heavy atom. The van der Waals surface area contributed by atoms with E-state index in [0.717, 1.165) is 38.4 Å². The minimum absolute atomic E-state index is 0.253. The Balaban J connectivity index is 0.000000568. The maximum Gasteiger partial charge on any atom is 0.414 e. The van der Waals surface area contributed by atoms with Gasteiger partial charge < -0.3 is 24.4 Å². The number of rotatable bonds is 8. The number of aromatic nitrogens is 6. The third kappa shape index (κ3) is 7.67. The lowest BCUT2D eigenvalue weighted by molar-refractivity contribution is -0.159. The molecule has 3 aromatic rings. The van der Waals surface area contributed by atoms with Gasteiger partial charge in [0, 0.05) is 44.2 Å². The van der Waals surface area contributed by atoms with Crippen LogP contribution < -0.4 is 9.64 Å². The number of carbonyl (C=O) groups is 2. The number of carboxylic acids is 2. The molecule has 2 N–H and O–H groups in total. The van der Waals surface area contributed by atoms with Crippen molar-refractivity contribution in [1.29, 1.82) is 0 Å². The first-order valence-electron chi connectivity index (χ1n) is 11.6. The molecule has 1 saturated heterocycles. The van der Waals surface area contributed by atoms with E-state index >= 15 is 0 Å². The Labute approximate surface area is 211 Å². The summed E-state index contributed by atoms with van der Waals surface area (Å²) in [5.41, 5.74) is 0.283. The Kier molecular flexibility index (Phi) is 9.43. The summed E-state index contributed by atoms with van der Waals surface area (Å²) in [4.78, 5) is 27.2. The monoisotopic (exact) mass is 520 g/mol. The van der Waals surface area contributed by atoms with E-state index < -0.39 is 17.8 Å². The van der Waals surface area contributed by atoms with Crippen LogP contribution in [-0.2, 0) is 9.59 Å². The molecule has 15 heteroatoms. The van der Waals surface area contributed by atoms with E-state index in [1.54, 1.807) is 12.1 Å². The van der Waals surface area contributed by atoms with Crippen molar-refractivity contribution in [1.82, 2.24) is 35.2 Å². The molecule has 0 radical (unpaired) electrons. The molecule has 0 spiro atoms. The maximum absolute atomic E-state index is 14.3. The van der Waals surface area contributed by atoms with Gasteiger partial charge in [-0.25, -0.2) is 14.0 Å². The molecule has 1 atom stereocenters. The molecule has 37 heavy (non-hydrogen) atoms. The Morgan fingerprint density at radius 1 is 1.14 bits per heavy atom. The summed E-state index contributed by atoms with van der Waals surface area (Å²) in [6.07, 6.45) is 2.19. The topological polar surface area (TPSA) is 173 Å². The lowest BCUT2D eigenvalue weighted by atomic mass is 10.2. The van der Waals surface area contributed by atoms with E-state index in [4.69, 9.17) is 29.1 Å². The molecule has 3 heterocycles. The van der Waals surface area contributed by atoms with Gasteiger partial charge in [-0.2, -0.15) is 9.67 Å². The number of hydrogen-bond donors (Lipinski definition) is 2. The second-order valence-corrected chi connectivity index (χ2v) is 8.58. The summed E-state index contributed by atoms with van der Waals surface area (Å²) in [6.45, 7) is 10.3. The SMILES string of the molecule is CC(C)c1noc(N2CCN(C(C)CCOc3ccc(-n4cnnn4)c(F)c3)CC2)n1.O=C(O)C(=O)O. The summed E-state index contributed by atoms with van der Waals surface area (Å²) in [7, 11) is 0. The quantitative estimate of drug-likeness (QED) is 0.409. The lowest BCUT2D eigenvalue weighted by Crippen LogP contribution is -2.50. The van der Waals surface area contributed by atoms with Gasteiger partial charge in [-0.05, 0) is 35.9 Å². The van der Waals surface area contributed by atoms with E-state index in [-0.39, 0.29) is 11.6 Å². The van der Waals surface area contributed by atoms with Crippen molar-refractivity contribution in [2.24, 2.45) is 0 Å². The largest absolute Gasteiger partial charge is 0.493 e. The van der Waals surface area contributed by atoms with Crippen LogP contribution in [0.15, 0.2) is 29.0 Å². The van der Waals surface area contributed by atoms with Crippen LogP contribution in [0.2, 0.25) is 0 Å². The van der Waals surface area contributed by atoms with Gasteiger partial charge in [-0.1, -0.05) is 19.0 Å². The first-order valence-corrected chi connectivity index (χ1v) is 11.6. The number of benzene rings is 1. The van der Waals surface area contributed by atoms with Crippen LogP contribution in [0.5, 0.6) is 5.75 Å². The van der Waals surface area contributed by atoms with Crippen molar-refractivity contribution in [2.75, 3.05) is 37.7 Å². The fraction of sp³-hybridized carbons (Fsp3) is 0.500. The van der Waals surface area contributed by atoms with E-state index in [9.17, 15) is 4.39 Å². The van der Waals surface area contributed by atoms with Gasteiger partial charge in [0.2, 0.25) is 0 Å².